The van der Waals surface area contributed by atoms with Crippen LogP contribution in [0.15, 0.2) is 18.2 Å². The Kier molecular flexibility index (Phi) is 6.15. The molecule has 2 heterocycles. The van der Waals surface area contributed by atoms with Gasteiger partial charge in [-0.1, -0.05) is 35.1 Å². The zero-order valence-electron chi connectivity index (χ0n) is 17.2. The second kappa shape index (κ2) is 8.41. The minimum absolute atomic E-state index is 0.0881. The standard InChI is InChI=1S/C21H28N4O2S/c1-13-8-9-14(2)16(11-13)17-7-6-10-25(17)12-18(26)23-21-22-15(3)19(28-21)20(27)24(4)5/h8-9,11,17H,6-7,10,12H2,1-5H3,(H,22,23,26). The molecule has 1 aliphatic heterocycles. The molecule has 1 fully saturated rings. The van der Waals surface area contributed by atoms with Gasteiger partial charge < -0.3 is 10.2 Å². The first-order chi connectivity index (χ1) is 13.3. The van der Waals surface area contributed by atoms with Gasteiger partial charge in [0.05, 0.1) is 12.2 Å². The lowest BCUT2D eigenvalue weighted by molar-refractivity contribution is -0.117. The molecule has 1 saturated heterocycles. The molecule has 0 saturated carbocycles. The molecule has 1 atom stereocenters. The van der Waals surface area contributed by atoms with Crippen LogP contribution in [-0.4, -0.2) is 53.8 Å². The second-order valence-electron chi connectivity index (χ2n) is 7.67. The van der Waals surface area contributed by atoms with Crippen molar-refractivity contribution < 1.29 is 9.59 Å². The fourth-order valence-electron chi connectivity index (χ4n) is 3.68. The fourth-order valence-corrected chi connectivity index (χ4v) is 4.69. The highest BCUT2D eigenvalue weighted by Gasteiger charge is 2.29. The molecule has 0 aliphatic carbocycles. The SMILES string of the molecule is Cc1ccc(C)c(C2CCCN2CC(=O)Nc2nc(C)c(C(=O)N(C)C)s2)c1. The van der Waals surface area contributed by atoms with Crippen LogP contribution in [-0.2, 0) is 4.79 Å². The summed E-state index contributed by atoms with van der Waals surface area (Å²) in [5, 5.41) is 3.36. The van der Waals surface area contributed by atoms with Crippen molar-refractivity contribution in [1.82, 2.24) is 14.8 Å². The lowest BCUT2D eigenvalue weighted by Crippen LogP contribution is -2.33. The highest BCUT2D eigenvalue weighted by molar-refractivity contribution is 7.17. The number of thiazole rings is 1. The minimum Gasteiger partial charge on any atom is -0.344 e. The number of amides is 2. The average molecular weight is 401 g/mol. The Morgan fingerprint density at radius 2 is 2.04 bits per heavy atom. The van der Waals surface area contributed by atoms with Crippen molar-refractivity contribution in [3.8, 4) is 0 Å². The molecular weight excluding hydrogens is 372 g/mol. The first-order valence-electron chi connectivity index (χ1n) is 9.56. The minimum atomic E-state index is -0.0926. The molecule has 3 rings (SSSR count). The van der Waals surface area contributed by atoms with Gasteiger partial charge in [-0.05, 0) is 51.3 Å². The van der Waals surface area contributed by atoms with Gasteiger partial charge in [0.2, 0.25) is 5.91 Å². The van der Waals surface area contributed by atoms with Gasteiger partial charge >= 0.3 is 0 Å². The summed E-state index contributed by atoms with van der Waals surface area (Å²) in [6.07, 6.45) is 2.15. The van der Waals surface area contributed by atoms with Crippen molar-refractivity contribution in [2.24, 2.45) is 0 Å². The van der Waals surface area contributed by atoms with Crippen molar-refractivity contribution in [2.45, 2.75) is 39.7 Å². The van der Waals surface area contributed by atoms with E-state index in [1.165, 1.54) is 32.9 Å². The summed E-state index contributed by atoms with van der Waals surface area (Å²) < 4.78 is 0. The van der Waals surface area contributed by atoms with Crippen molar-refractivity contribution in [2.75, 3.05) is 32.5 Å². The third kappa shape index (κ3) is 4.42. The van der Waals surface area contributed by atoms with Gasteiger partial charge in [0.15, 0.2) is 5.13 Å². The maximum atomic E-state index is 12.6. The maximum absolute atomic E-state index is 12.6. The van der Waals surface area contributed by atoms with E-state index in [0.29, 0.717) is 22.2 Å². The predicted molar refractivity (Wildman–Crippen MR) is 113 cm³/mol. The second-order valence-corrected chi connectivity index (χ2v) is 8.67. The zero-order valence-corrected chi connectivity index (χ0v) is 18.0. The number of nitrogens with one attached hydrogen (secondary N) is 1. The van der Waals surface area contributed by atoms with Crippen LogP contribution in [0, 0.1) is 20.8 Å². The lowest BCUT2D eigenvalue weighted by atomic mass is 9.97. The Labute approximate surface area is 170 Å². The summed E-state index contributed by atoms with van der Waals surface area (Å²) in [6.45, 7) is 7.26. The molecule has 28 heavy (non-hydrogen) atoms. The van der Waals surface area contributed by atoms with Gasteiger partial charge in [0.25, 0.3) is 5.91 Å². The van der Waals surface area contributed by atoms with E-state index in [4.69, 9.17) is 0 Å². The van der Waals surface area contributed by atoms with E-state index in [1.54, 1.807) is 21.0 Å². The fraction of sp³-hybridized carbons (Fsp3) is 0.476. The van der Waals surface area contributed by atoms with E-state index in [9.17, 15) is 9.59 Å². The van der Waals surface area contributed by atoms with Crippen molar-refractivity contribution >= 4 is 28.3 Å². The number of hydrogen-bond acceptors (Lipinski definition) is 5. The van der Waals surface area contributed by atoms with Gasteiger partial charge in [0, 0.05) is 20.1 Å². The van der Waals surface area contributed by atoms with Crippen molar-refractivity contribution in [1.29, 1.82) is 0 Å². The van der Waals surface area contributed by atoms with Crippen LogP contribution in [0.25, 0.3) is 0 Å². The lowest BCUT2D eigenvalue weighted by Gasteiger charge is -2.25. The summed E-state index contributed by atoms with van der Waals surface area (Å²) in [5.74, 6) is -0.181. The Hall–Kier alpha value is -2.25. The number of aryl methyl sites for hydroxylation is 3. The van der Waals surface area contributed by atoms with Crippen LogP contribution in [0.1, 0.15) is 50.9 Å². The van der Waals surface area contributed by atoms with Crippen LogP contribution >= 0.6 is 11.3 Å². The molecule has 6 nitrogen and oxygen atoms in total. The summed E-state index contributed by atoms with van der Waals surface area (Å²) >= 11 is 1.23. The number of carbonyl (C=O) groups excluding carboxylic acids is 2. The monoisotopic (exact) mass is 400 g/mol. The van der Waals surface area contributed by atoms with E-state index >= 15 is 0 Å². The molecule has 1 aliphatic rings. The number of likely N-dealkylation sites (tertiary alicyclic amines) is 1. The smallest absolute Gasteiger partial charge is 0.265 e. The molecule has 1 unspecified atom stereocenters. The first-order valence-corrected chi connectivity index (χ1v) is 10.4. The molecule has 1 aromatic heterocycles. The van der Waals surface area contributed by atoms with Gasteiger partial charge in [-0.15, -0.1) is 0 Å². The molecule has 0 radical (unpaired) electrons. The number of rotatable bonds is 5. The Morgan fingerprint density at radius 1 is 1.29 bits per heavy atom. The molecular formula is C21H28N4O2S. The number of nitrogens with zero attached hydrogens (tertiary/aromatic N) is 3. The van der Waals surface area contributed by atoms with Gasteiger partial charge in [-0.2, -0.15) is 0 Å². The van der Waals surface area contributed by atoms with Gasteiger partial charge in [0.1, 0.15) is 4.88 Å². The van der Waals surface area contributed by atoms with Gasteiger partial charge in [-0.25, -0.2) is 4.98 Å². The number of aromatic nitrogens is 1. The Balaban J connectivity index is 1.68. The van der Waals surface area contributed by atoms with E-state index in [2.05, 4.69) is 47.2 Å². The predicted octanol–water partition coefficient (Wildman–Crippen LogP) is 3.55. The van der Waals surface area contributed by atoms with Crippen LogP contribution in [0.2, 0.25) is 0 Å². The number of benzene rings is 1. The third-order valence-electron chi connectivity index (χ3n) is 5.15. The van der Waals surface area contributed by atoms with E-state index in [1.807, 2.05) is 0 Å². The largest absolute Gasteiger partial charge is 0.344 e. The molecule has 150 valence electrons. The molecule has 0 spiro atoms. The molecule has 0 bridgehead atoms. The number of hydrogen-bond donors (Lipinski definition) is 1. The van der Waals surface area contributed by atoms with Crippen LogP contribution in [0.4, 0.5) is 5.13 Å². The molecule has 1 aromatic carbocycles. The van der Waals surface area contributed by atoms with Gasteiger partial charge in [-0.3, -0.25) is 14.5 Å². The Morgan fingerprint density at radius 3 is 2.75 bits per heavy atom. The number of anilines is 1. The van der Waals surface area contributed by atoms with Crippen LogP contribution in [0.3, 0.4) is 0 Å². The molecule has 7 heteroatoms. The highest BCUT2D eigenvalue weighted by Crippen LogP contribution is 2.34. The summed E-state index contributed by atoms with van der Waals surface area (Å²) in [7, 11) is 3.42. The highest BCUT2D eigenvalue weighted by atomic mass is 32.1. The summed E-state index contributed by atoms with van der Waals surface area (Å²) in [4.78, 5) is 33.5. The zero-order chi connectivity index (χ0) is 20.4. The third-order valence-corrected chi connectivity index (χ3v) is 6.21. The van der Waals surface area contributed by atoms with E-state index < -0.39 is 0 Å². The Bertz CT molecular complexity index is 891. The maximum Gasteiger partial charge on any atom is 0.265 e. The molecule has 2 aromatic rings. The number of carbonyl (C=O) groups is 2. The normalized spacial score (nSPS) is 17.0. The van der Waals surface area contributed by atoms with Crippen molar-refractivity contribution in [3.63, 3.8) is 0 Å². The molecule has 2 amide bonds. The molecule has 1 N–H and O–H groups in total. The van der Waals surface area contributed by atoms with Crippen LogP contribution < -0.4 is 5.32 Å². The summed E-state index contributed by atoms with van der Waals surface area (Å²) in [5.41, 5.74) is 4.47. The van der Waals surface area contributed by atoms with Crippen LogP contribution in [0.5, 0.6) is 0 Å². The summed E-state index contributed by atoms with van der Waals surface area (Å²) in [6, 6.07) is 6.79. The van der Waals surface area contributed by atoms with E-state index in [-0.39, 0.29) is 17.9 Å². The van der Waals surface area contributed by atoms with E-state index in [0.717, 1.165) is 19.4 Å². The first kappa shape index (κ1) is 20.5. The average Bonchev–Trinajstić information content (AvgIpc) is 3.22. The van der Waals surface area contributed by atoms with Crippen molar-refractivity contribution in [3.05, 3.63) is 45.5 Å². The topological polar surface area (TPSA) is 65.5 Å². The quantitative estimate of drug-likeness (QED) is 0.834.